The molecule has 46 heavy (non-hydrogen) atoms. The first-order valence-electron chi connectivity index (χ1n) is 15.1. The van der Waals surface area contributed by atoms with E-state index in [1.807, 2.05) is 76.2 Å². The molecule has 1 N–H and O–H groups in total. The highest BCUT2D eigenvalue weighted by molar-refractivity contribution is 9.10. The first kappa shape index (κ1) is 34.7. The van der Waals surface area contributed by atoms with Crippen molar-refractivity contribution in [2.45, 2.75) is 98.6 Å². The lowest BCUT2D eigenvalue weighted by atomic mass is 10.0. The molecule has 3 aromatic rings. The van der Waals surface area contributed by atoms with Gasteiger partial charge >= 0.3 is 18.3 Å². The SMILES string of the molecule is CC1C=C(N(Cc2ccc3cnc(N(C(=O)OC(C)(C)C)C(=O)OC(C)(C)C)c(Br)c3c2)C(=O)OC(C)(C)C)c2ccccc2N1. The van der Waals surface area contributed by atoms with E-state index in [-0.39, 0.29) is 18.4 Å². The monoisotopic (exact) mass is 694 g/mol. The van der Waals surface area contributed by atoms with Gasteiger partial charge in [0.1, 0.15) is 16.8 Å². The van der Waals surface area contributed by atoms with Crippen molar-refractivity contribution in [2.24, 2.45) is 0 Å². The summed E-state index contributed by atoms with van der Waals surface area (Å²) < 4.78 is 17.4. The third-order valence-electron chi connectivity index (χ3n) is 6.48. The van der Waals surface area contributed by atoms with Gasteiger partial charge in [-0.05, 0) is 109 Å². The average molecular weight is 696 g/mol. The molecule has 0 radical (unpaired) electrons. The first-order chi connectivity index (χ1) is 21.2. The molecular weight excluding hydrogens is 652 g/mol. The lowest BCUT2D eigenvalue weighted by Gasteiger charge is -2.33. The fourth-order valence-electron chi connectivity index (χ4n) is 4.76. The Labute approximate surface area is 279 Å². The van der Waals surface area contributed by atoms with Crippen LogP contribution in [0.4, 0.5) is 25.9 Å². The molecule has 4 rings (SSSR count). The third kappa shape index (κ3) is 8.57. The number of para-hydroxylation sites is 1. The van der Waals surface area contributed by atoms with Crippen molar-refractivity contribution in [1.29, 1.82) is 0 Å². The topological polar surface area (TPSA) is 110 Å². The van der Waals surface area contributed by atoms with Crippen LogP contribution in [-0.4, -0.2) is 51.0 Å². The maximum atomic E-state index is 13.7. The van der Waals surface area contributed by atoms with Crippen LogP contribution in [0.3, 0.4) is 0 Å². The normalized spacial score (nSPS) is 14.8. The molecule has 2 heterocycles. The molecule has 11 heteroatoms. The zero-order chi connectivity index (χ0) is 34.2. The van der Waals surface area contributed by atoms with Crippen molar-refractivity contribution in [3.63, 3.8) is 0 Å². The highest BCUT2D eigenvalue weighted by atomic mass is 79.9. The van der Waals surface area contributed by atoms with Gasteiger partial charge < -0.3 is 19.5 Å². The van der Waals surface area contributed by atoms with Crippen LogP contribution in [0, 0.1) is 0 Å². The molecule has 1 aliphatic rings. The van der Waals surface area contributed by atoms with Gasteiger partial charge in [0.15, 0.2) is 5.82 Å². The smallest absolute Gasteiger partial charge is 0.425 e. The van der Waals surface area contributed by atoms with Crippen molar-refractivity contribution in [2.75, 3.05) is 10.2 Å². The average Bonchev–Trinajstić information content (AvgIpc) is 2.90. The number of rotatable bonds is 4. The standard InChI is InChI=1S/C35H43BrN4O6/c1-21-17-27(24-13-11-12-14-26(24)38-21)39(30(41)44-33(2,3)4)20-22-15-16-23-19-37-29(28(36)25(23)18-22)40(31(42)45-34(5,6)7)32(43)46-35(8,9)10/h11-19,21,38H,20H2,1-10H3. The Morgan fingerprint density at radius 3 is 2.00 bits per heavy atom. The minimum Gasteiger partial charge on any atom is -0.443 e. The largest absolute Gasteiger partial charge is 0.443 e. The number of carbonyl (C=O) groups excluding carboxylic acids is 3. The number of pyridine rings is 1. The van der Waals surface area contributed by atoms with Crippen molar-refractivity contribution < 1.29 is 28.6 Å². The van der Waals surface area contributed by atoms with E-state index in [1.165, 1.54) is 0 Å². The highest BCUT2D eigenvalue weighted by Gasteiger charge is 2.35. The van der Waals surface area contributed by atoms with Gasteiger partial charge in [0.25, 0.3) is 0 Å². The van der Waals surface area contributed by atoms with Crippen LogP contribution in [-0.2, 0) is 20.8 Å². The van der Waals surface area contributed by atoms with E-state index in [0.717, 1.165) is 32.8 Å². The Balaban J connectivity index is 1.80. The molecule has 3 amide bonds. The minimum atomic E-state index is -0.924. The molecular formula is C35H43BrN4O6. The Morgan fingerprint density at radius 2 is 1.41 bits per heavy atom. The number of benzene rings is 2. The Hall–Kier alpha value is -4.12. The maximum Gasteiger partial charge on any atom is 0.425 e. The number of hydrogen-bond donors (Lipinski definition) is 1. The van der Waals surface area contributed by atoms with E-state index >= 15 is 0 Å². The van der Waals surface area contributed by atoms with E-state index in [4.69, 9.17) is 14.2 Å². The van der Waals surface area contributed by atoms with E-state index in [9.17, 15) is 14.4 Å². The number of halogens is 1. The number of hydrogen-bond acceptors (Lipinski definition) is 8. The molecule has 0 bridgehead atoms. The third-order valence-corrected chi connectivity index (χ3v) is 7.26. The number of amides is 3. The number of carbonyl (C=O) groups is 3. The summed E-state index contributed by atoms with van der Waals surface area (Å²) >= 11 is 3.61. The van der Waals surface area contributed by atoms with Gasteiger partial charge in [0.2, 0.25) is 0 Å². The summed E-state index contributed by atoms with van der Waals surface area (Å²) in [6, 6.07) is 13.5. The van der Waals surface area contributed by atoms with Gasteiger partial charge in [-0.3, -0.25) is 4.90 Å². The van der Waals surface area contributed by atoms with Gasteiger partial charge in [-0.1, -0.05) is 30.3 Å². The molecule has 0 saturated carbocycles. The number of imide groups is 1. The van der Waals surface area contributed by atoms with Gasteiger partial charge in [-0.25, -0.2) is 19.4 Å². The first-order valence-corrected chi connectivity index (χ1v) is 15.9. The number of nitrogens with zero attached hydrogens (tertiary/aromatic N) is 3. The minimum absolute atomic E-state index is 0.0148. The molecule has 246 valence electrons. The molecule has 2 aromatic carbocycles. The Morgan fingerprint density at radius 1 is 0.848 bits per heavy atom. The van der Waals surface area contributed by atoms with E-state index in [2.05, 4.69) is 26.2 Å². The molecule has 1 atom stereocenters. The molecule has 1 aliphatic heterocycles. The lowest BCUT2D eigenvalue weighted by molar-refractivity contribution is 0.0339. The molecule has 0 aliphatic carbocycles. The van der Waals surface area contributed by atoms with Crippen LogP contribution < -0.4 is 10.2 Å². The summed E-state index contributed by atoms with van der Waals surface area (Å²) in [7, 11) is 0. The van der Waals surface area contributed by atoms with E-state index in [1.54, 1.807) is 52.6 Å². The molecule has 0 fully saturated rings. The highest BCUT2D eigenvalue weighted by Crippen LogP contribution is 2.37. The summed E-state index contributed by atoms with van der Waals surface area (Å²) in [6.45, 7) is 18.0. The lowest BCUT2D eigenvalue weighted by Crippen LogP contribution is -2.44. The number of aromatic nitrogens is 1. The quantitative estimate of drug-likeness (QED) is 0.269. The fraction of sp³-hybridized carbons (Fsp3) is 0.429. The second-order valence-corrected chi connectivity index (χ2v) is 15.0. The zero-order valence-electron chi connectivity index (χ0n) is 28.1. The summed E-state index contributed by atoms with van der Waals surface area (Å²) in [5.41, 5.74) is 0.839. The van der Waals surface area contributed by atoms with Crippen LogP contribution in [0.15, 0.2) is 59.2 Å². The number of nitrogens with one attached hydrogen (secondary N) is 1. The Bertz CT molecular complexity index is 1660. The summed E-state index contributed by atoms with van der Waals surface area (Å²) in [6.07, 6.45) is 1.24. The number of fused-ring (bicyclic) bond motifs is 2. The second-order valence-electron chi connectivity index (χ2n) is 14.2. The fourth-order valence-corrected chi connectivity index (χ4v) is 5.38. The summed E-state index contributed by atoms with van der Waals surface area (Å²) in [5.74, 6) is 0.0148. The molecule has 1 unspecified atom stereocenters. The molecule has 0 saturated heterocycles. The van der Waals surface area contributed by atoms with Crippen LogP contribution >= 0.6 is 15.9 Å². The van der Waals surface area contributed by atoms with E-state index < -0.39 is 35.1 Å². The van der Waals surface area contributed by atoms with Crippen LogP contribution in [0.5, 0.6) is 0 Å². The number of ether oxygens (including phenoxy) is 3. The summed E-state index contributed by atoms with van der Waals surface area (Å²) in [5, 5.41) is 4.85. The van der Waals surface area contributed by atoms with E-state index in [0.29, 0.717) is 9.86 Å². The molecule has 0 spiro atoms. The van der Waals surface area contributed by atoms with Gasteiger partial charge in [0.05, 0.1) is 16.7 Å². The maximum absolute atomic E-state index is 13.7. The van der Waals surface area contributed by atoms with Gasteiger partial charge in [-0.2, -0.15) is 4.90 Å². The van der Waals surface area contributed by atoms with Crippen LogP contribution in [0.25, 0.3) is 16.5 Å². The second kappa shape index (κ2) is 12.9. The van der Waals surface area contributed by atoms with Crippen LogP contribution in [0.2, 0.25) is 0 Å². The number of anilines is 2. The van der Waals surface area contributed by atoms with Crippen LogP contribution in [0.1, 0.15) is 80.4 Å². The van der Waals surface area contributed by atoms with Crippen molar-refractivity contribution in [3.05, 3.63) is 70.3 Å². The predicted molar refractivity (Wildman–Crippen MR) is 184 cm³/mol. The van der Waals surface area contributed by atoms with Crippen molar-refractivity contribution in [1.82, 2.24) is 9.88 Å². The van der Waals surface area contributed by atoms with Crippen molar-refractivity contribution in [3.8, 4) is 0 Å². The molecule has 10 nitrogen and oxygen atoms in total. The Kier molecular flexibility index (Phi) is 9.78. The van der Waals surface area contributed by atoms with Crippen molar-refractivity contribution >= 4 is 62.2 Å². The van der Waals surface area contributed by atoms with Gasteiger partial charge in [-0.15, -0.1) is 0 Å². The summed E-state index contributed by atoms with van der Waals surface area (Å²) in [4.78, 5) is 47.3. The molecule has 1 aromatic heterocycles. The van der Waals surface area contributed by atoms with Gasteiger partial charge in [0, 0.05) is 34.3 Å². The zero-order valence-corrected chi connectivity index (χ0v) is 29.7. The predicted octanol–water partition coefficient (Wildman–Crippen LogP) is 9.27.